The summed E-state index contributed by atoms with van der Waals surface area (Å²) in [6, 6.07) is 8.44. The summed E-state index contributed by atoms with van der Waals surface area (Å²) in [5.74, 6) is 0. The summed E-state index contributed by atoms with van der Waals surface area (Å²) in [6.07, 6.45) is -1.38. The minimum Gasteiger partial charge on any atom is -0.317 e. The van der Waals surface area contributed by atoms with Gasteiger partial charge in [0.05, 0.1) is 24.5 Å². The molecule has 2 amide bonds. The van der Waals surface area contributed by atoms with Crippen LogP contribution in [0.15, 0.2) is 36.7 Å². The average molecular weight is 403 g/mol. The van der Waals surface area contributed by atoms with E-state index < -0.39 is 18.6 Å². The molecule has 1 aromatic heterocycles. The number of rotatable bonds is 5. The van der Waals surface area contributed by atoms with Gasteiger partial charge in [0.2, 0.25) is 0 Å². The molecule has 0 spiro atoms. The van der Waals surface area contributed by atoms with Crippen LogP contribution in [-0.2, 0) is 0 Å². The zero-order valence-electron chi connectivity index (χ0n) is 15.6. The Morgan fingerprint density at radius 3 is 2.76 bits per heavy atom. The monoisotopic (exact) mass is 403 g/mol. The molecular weight excluding hydrogens is 383 g/mol. The highest BCUT2D eigenvalue weighted by atomic mass is 19.3. The molecule has 152 valence electrons. The number of benzene rings is 1. The van der Waals surface area contributed by atoms with E-state index in [0.29, 0.717) is 25.2 Å². The fraction of sp³-hybridized carbons (Fsp3) is 0.450. The number of likely N-dealkylation sites (tertiary alicyclic amines) is 1. The number of aromatic nitrogens is 1. The molecule has 2 aromatic rings. The normalized spacial score (nSPS) is 23.9. The van der Waals surface area contributed by atoms with Gasteiger partial charge >= 0.3 is 6.03 Å². The molecule has 3 atom stereocenters. The summed E-state index contributed by atoms with van der Waals surface area (Å²) < 4.78 is 38.4. The van der Waals surface area contributed by atoms with E-state index in [9.17, 15) is 23.2 Å². The molecule has 0 N–H and O–H groups in total. The first-order valence-corrected chi connectivity index (χ1v) is 9.46. The number of pyridine rings is 1. The minimum atomic E-state index is -3.01. The molecule has 6 nitrogen and oxygen atoms in total. The number of halogens is 3. The molecule has 4 rings (SSSR count). The van der Waals surface area contributed by atoms with Crippen molar-refractivity contribution in [3.8, 4) is 6.07 Å². The fourth-order valence-corrected chi connectivity index (χ4v) is 4.14. The molecule has 2 fully saturated rings. The minimum absolute atomic E-state index is 0.213. The molecule has 1 aromatic carbocycles. The highest BCUT2D eigenvalue weighted by molar-refractivity contribution is 6.04. The number of nitriles is 1. The Kier molecular flexibility index (Phi) is 5.28. The lowest BCUT2D eigenvalue weighted by atomic mass is 10.1. The Bertz CT molecular complexity index is 944. The van der Waals surface area contributed by atoms with Crippen molar-refractivity contribution in [3.05, 3.63) is 36.7 Å². The van der Waals surface area contributed by atoms with Gasteiger partial charge in [-0.05, 0) is 6.42 Å². The second kappa shape index (κ2) is 7.87. The summed E-state index contributed by atoms with van der Waals surface area (Å²) in [4.78, 5) is 22.1. The topological polar surface area (TPSA) is 63.5 Å². The summed E-state index contributed by atoms with van der Waals surface area (Å²) >= 11 is 0. The molecule has 29 heavy (non-hydrogen) atoms. The summed E-state index contributed by atoms with van der Waals surface area (Å²) in [5.41, 5.74) is 0.568. The van der Waals surface area contributed by atoms with Gasteiger partial charge in [-0.2, -0.15) is 5.26 Å². The van der Waals surface area contributed by atoms with Crippen LogP contribution in [0.25, 0.3) is 10.8 Å². The lowest BCUT2D eigenvalue weighted by molar-refractivity contribution is 0.0309. The molecule has 9 heteroatoms. The Balaban J connectivity index is 1.55. The lowest BCUT2D eigenvalue weighted by Crippen LogP contribution is -2.42. The maximum Gasteiger partial charge on any atom is 0.326 e. The van der Waals surface area contributed by atoms with Crippen LogP contribution < -0.4 is 4.90 Å². The molecule has 2 aliphatic heterocycles. The molecule has 0 radical (unpaired) electrons. The Labute approximate surface area is 166 Å². The number of nitrogens with zero attached hydrogens (tertiary/aromatic N) is 5. The van der Waals surface area contributed by atoms with Gasteiger partial charge in [-0.3, -0.25) is 14.8 Å². The molecular formula is C20H20F3N5O. The number of urea groups is 1. The third-order valence-electron chi connectivity index (χ3n) is 5.58. The van der Waals surface area contributed by atoms with Crippen LogP contribution in [0, 0.1) is 11.3 Å². The van der Waals surface area contributed by atoms with E-state index in [1.807, 2.05) is 24.3 Å². The zero-order chi connectivity index (χ0) is 20.5. The van der Waals surface area contributed by atoms with Crippen molar-refractivity contribution in [1.29, 1.82) is 5.26 Å². The van der Waals surface area contributed by atoms with Crippen molar-refractivity contribution in [2.24, 2.45) is 0 Å². The first kappa shape index (κ1) is 19.5. The van der Waals surface area contributed by atoms with Gasteiger partial charge in [-0.15, -0.1) is 0 Å². The maximum atomic E-state index is 13.4. The van der Waals surface area contributed by atoms with E-state index >= 15 is 0 Å². The predicted molar refractivity (Wildman–Crippen MR) is 101 cm³/mol. The summed E-state index contributed by atoms with van der Waals surface area (Å²) in [7, 11) is 0. The molecule has 3 unspecified atom stereocenters. The van der Waals surface area contributed by atoms with Gasteiger partial charge in [0.1, 0.15) is 6.04 Å². The maximum absolute atomic E-state index is 13.4. The van der Waals surface area contributed by atoms with E-state index in [0.717, 1.165) is 10.8 Å². The first-order valence-electron chi connectivity index (χ1n) is 9.46. The van der Waals surface area contributed by atoms with Gasteiger partial charge < -0.3 is 4.90 Å². The summed E-state index contributed by atoms with van der Waals surface area (Å²) in [5, 5.41) is 11.3. The number of hydrogen-bond acceptors (Lipinski definition) is 4. The standard InChI is InChI=1S/C20H20F3N5O/c21-17(19(22)23)12-26-6-5-14(10-26)27-11-15(7-24)28(20(27)29)18-9-25-8-13-3-1-2-4-16(13)18/h1-4,8-9,14-15,17,19H,5-6,10-12H2. The van der Waals surface area contributed by atoms with Gasteiger partial charge in [-0.1, -0.05) is 24.3 Å². The first-order chi connectivity index (χ1) is 14.0. The SMILES string of the molecule is N#CC1CN(C2CCN(CC(F)C(F)F)C2)C(=O)N1c1cncc2ccccc12. The van der Waals surface area contributed by atoms with E-state index in [4.69, 9.17) is 0 Å². The van der Waals surface area contributed by atoms with Crippen LogP contribution in [0.4, 0.5) is 23.7 Å². The van der Waals surface area contributed by atoms with Crippen LogP contribution >= 0.6 is 0 Å². The van der Waals surface area contributed by atoms with Crippen molar-refractivity contribution < 1.29 is 18.0 Å². The fourth-order valence-electron chi connectivity index (χ4n) is 4.14. The number of fused-ring (bicyclic) bond motifs is 1. The number of anilines is 1. The van der Waals surface area contributed by atoms with E-state index in [-0.39, 0.29) is 25.2 Å². The van der Waals surface area contributed by atoms with Crippen molar-refractivity contribution >= 4 is 22.5 Å². The van der Waals surface area contributed by atoms with Crippen LogP contribution in [0.3, 0.4) is 0 Å². The molecule has 2 aliphatic rings. The van der Waals surface area contributed by atoms with E-state index in [2.05, 4.69) is 11.1 Å². The van der Waals surface area contributed by atoms with Gasteiger partial charge in [0.25, 0.3) is 6.43 Å². The number of carbonyl (C=O) groups excluding carboxylic acids is 1. The zero-order valence-corrected chi connectivity index (χ0v) is 15.6. The van der Waals surface area contributed by atoms with Crippen LogP contribution in [0.5, 0.6) is 0 Å². The third kappa shape index (κ3) is 3.60. The van der Waals surface area contributed by atoms with Gasteiger partial charge in [0.15, 0.2) is 6.17 Å². The quantitative estimate of drug-likeness (QED) is 0.770. The van der Waals surface area contributed by atoms with Crippen LogP contribution in [0.2, 0.25) is 0 Å². The molecule has 0 saturated carbocycles. The number of alkyl halides is 3. The second-order valence-corrected chi connectivity index (χ2v) is 7.38. The number of carbonyl (C=O) groups is 1. The number of amides is 2. The molecule has 0 aliphatic carbocycles. The summed E-state index contributed by atoms with van der Waals surface area (Å²) in [6.45, 7) is 0.618. The van der Waals surface area contributed by atoms with E-state index in [1.54, 1.807) is 22.2 Å². The molecule has 3 heterocycles. The van der Waals surface area contributed by atoms with Crippen molar-refractivity contribution in [2.45, 2.75) is 31.1 Å². The Morgan fingerprint density at radius 1 is 1.21 bits per heavy atom. The van der Waals surface area contributed by atoms with Crippen molar-refractivity contribution in [2.75, 3.05) is 31.1 Å². The van der Waals surface area contributed by atoms with Gasteiger partial charge in [-0.25, -0.2) is 18.0 Å². The van der Waals surface area contributed by atoms with E-state index in [1.165, 1.54) is 4.90 Å². The van der Waals surface area contributed by atoms with Crippen LogP contribution in [0.1, 0.15) is 6.42 Å². The Morgan fingerprint density at radius 2 is 2.00 bits per heavy atom. The highest BCUT2D eigenvalue weighted by Gasteiger charge is 2.44. The molecule has 0 bridgehead atoms. The average Bonchev–Trinajstić information content (AvgIpc) is 3.31. The smallest absolute Gasteiger partial charge is 0.317 e. The van der Waals surface area contributed by atoms with Crippen molar-refractivity contribution in [1.82, 2.24) is 14.8 Å². The van der Waals surface area contributed by atoms with Crippen molar-refractivity contribution in [3.63, 3.8) is 0 Å². The third-order valence-corrected chi connectivity index (χ3v) is 5.58. The Hall–Kier alpha value is -2.86. The lowest BCUT2D eigenvalue weighted by Gasteiger charge is -2.25. The number of hydrogen-bond donors (Lipinski definition) is 0. The molecule has 2 saturated heterocycles. The predicted octanol–water partition coefficient (Wildman–Crippen LogP) is 3.05. The van der Waals surface area contributed by atoms with Gasteiger partial charge in [0, 0.05) is 42.6 Å². The largest absolute Gasteiger partial charge is 0.326 e. The highest BCUT2D eigenvalue weighted by Crippen LogP contribution is 2.33. The second-order valence-electron chi connectivity index (χ2n) is 7.38. The van der Waals surface area contributed by atoms with Crippen LogP contribution in [-0.4, -0.2) is 71.7 Å².